The van der Waals surface area contributed by atoms with Crippen LogP contribution < -0.4 is 0 Å². The van der Waals surface area contributed by atoms with E-state index in [0.29, 0.717) is 0 Å². The fourth-order valence-corrected chi connectivity index (χ4v) is 1.49. The van der Waals surface area contributed by atoms with Gasteiger partial charge in [-0.15, -0.1) is 0 Å². The molecule has 1 N–H and O–H groups in total. The molecule has 1 aromatic rings. The molecule has 0 heterocycles. The summed E-state index contributed by atoms with van der Waals surface area (Å²) in [5.74, 6) is -0.693. The molecule has 0 radical (unpaired) electrons. The van der Waals surface area contributed by atoms with Gasteiger partial charge in [0.15, 0.2) is 0 Å². The van der Waals surface area contributed by atoms with Crippen LogP contribution in [0.4, 0.5) is 0 Å². The second-order valence-corrected chi connectivity index (χ2v) is 4.03. The van der Waals surface area contributed by atoms with E-state index in [2.05, 4.69) is 0 Å². The van der Waals surface area contributed by atoms with E-state index < -0.39 is 11.4 Å². The number of carboxylic acid groups (broad SMARTS) is 1. The van der Waals surface area contributed by atoms with Crippen LogP contribution in [0.5, 0.6) is 0 Å². The van der Waals surface area contributed by atoms with Crippen LogP contribution in [0.3, 0.4) is 0 Å². The van der Waals surface area contributed by atoms with E-state index in [1.807, 2.05) is 44.2 Å². The maximum atomic E-state index is 11.3. The van der Waals surface area contributed by atoms with E-state index in [1.165, 1.54) is 0 Å². The average molecular weight is 219 g/mol. The first-order valence-corrected chi connectivity index (χ1v) is 4.78. The van der Waals surface area contributed by atoms with Crippen molar-refractivity contribution in [3.63, 3.8) is 0 Å². The van der Waals surface area contributed by atoms with Gasteiger partial charge in [-0.1, -0.05) is 44.2 Å². The van der Waals surface area contributed by atoms with Crippen LogP contribution in [-0.2, 0) is 10.2 Å². The minimum atomic E-state index is -0.790. The van der Waals surface area contributed by atoms with Gasteiger partial charge in [-0.3, -0.25) is 4.79 Å². The monoisotopic (exact) mass is 218 g/mol. The standard InChI is InChI=1S/C12H16O2.Mg.2H/c1-9(2)12(3,11(13)14)10-7-5-4-6-8-10;;;/h4-9H,1-3H3,(H,13,14);;;/q;+2;2*-1. The molecule has 80 valence electrons. The zero-order valence-electron chi connectivity index (χ0n) is 11.5. The molecule has 0 saturated heterocycles. The third kappa shape index (κ3) is 2.73. The molecule has 0 amide bonds. The first kappa shape index (κ1) is 14.5. The number of hydrogen-bond acceptors (Lipinski definition) is 1. The van der Waals surface area contributed by atoms with Crippen LogP contribution in [-0.4, -0.2) is 34.1 Å². The molecule has 0 aliphatic rings. The molecule has 1 unspecified atom stereocenters. The van der Waals surface area contributed by atoms with Gasteiger partial charge in [0.25, 0.3) is 0 Å². The Labute approximate surface area is 110 Å². The maximum Gasteiger partial charge on any atom is 2.00 e. The Balaban J connectivity index is -0.000000653. The quantitative estimate of drug-likeness (QED) is 0.792. The molecule has 15 heavy (non-hydrogen) atoms. The average Bonchev–Trinajstić information content (AvgIpc) is 2.17. The number of carboxylic acids is 1. The first-order valence-electron chi connectivity index (χ1n) is 4.78. The SMILES string of the molecule is CC(C)C(C)(C(=O)O)c1ccccc1.[H-].[H-].[Mg+2]. The number of hydrogen-bond donors (Lipinski definition) is 1. The van der Waals surface area contributed by atoms with Crippen LogP contribution in [0.2, 0.25) is 0 Å². The normalized spacial score (nSPS) is 14.1. The Bertz CT molecular complexity index is 331. The van der Waals surface area contributed by atoms with E-state index in [4.69, 9.17) is 0 Å². The van der Waals surface area contributed by atoms with Crippen molar-refractivity contribution in [1.29, 1.82) is 0 Å². The molecule has 0 aliphatic heterocycles. The Morgan fingerprint density at radius 1 is 1.33 bits per heavy atom. The molecule has 0 aliphatic carbocycles. The number of carbonyl (C=O) groups is 1. The zero-order valence-corrected chi connectivity index (χ0v) is 10.9. The van der Waals surface area contributed by atoms with E-state index in [1.54, 1.807) is 6.92 Å². The summed E-state index contributed by atoms with van der Waals surface area (Å²) in [6.07, 6.45) is 0. The van der Waals surface area contributed by atoms with Crippen LogP contribution in [0.25, 0.3) is 0 Å². The van der Waals surface area contributed by atoms with E-state index in [0.717, 1.165) is 5.56 Å². The van der Waals surface area contributed by atoms with Crippen molar-refractivity contribution in [1.82, 2.24) is 0 Å². The molecule has 0 spiro atoms. The van der Waals surface area contributed by atoms with E-state index in [-0.39, 0.29) is 31.8 Å². The maximum absolute atomic E-state index is 11.3. The van der Waals surface area contributed by atoms with Gasteiger partial charge in [-0.05, 0) is 18.4 Å². The molecule has 0 bridgehead atoms. The Morgan fingerprint density at radius 2 is 1.80 bits per heavy atom. The summed E-state index contributed by atoms with van der Waals surface area (Å²) < 4.78 is 0. The number of benzene rings is 1. The third-order valence-electron chi connectivity index (χ3n) is 2.97. The van der Waals surface area contributed by atoms with Gasteiger partial charge in [-0.25, -0.2) is 0 Å². The molecule has 1 aromatic carbocycles. The van der Waals surface area contributed by atoms with E-state index in [9.17, 15) is 9.90 Å². The number of aliphatic carboxylic acids is 1. The Hall–Kier alpha value is -0.544. The van der Waals surface area contributed by atoms with Crippen molar-refractivity contribution in [2.45, 2.75) is 26.2 Å². The van der Waals surface area contributed by atoms with Crippen molar-refractivity contribution >= 4 is 29.0 Å². The molecule has 0 aromatic heterocycles. The second-order valence-electron chi connectivity index (χ2n) is 4.03. The van der Waals surface area contributed by atoms with Gasteiger partial charge >= 0.3 is 29.0 Å². The van der Waals surface area contributed by atoms with E-state index >= 15 is 0 Å². The van der Waals surface area contributed by atoms with Gasteiger partial charge in [0.1, 0.15) is 0 Å². The third-order valence-corrected chi connectivity index (χ3v) is 2.97. The number of rotatable bonds is 3. The predicted octanol–water partition coefficient (Wildman–Crippen LogP) is 2.53. The molecule has 3 heteroatoms. The zero-order chi connectivity index (χ0) is 10.8. The van der Waals surface area contributed by atoms with Crippen molar-refractivity contribution in [3.05, 3.63) is 35.9 Å². The van der Waals surface area contributed by atoms with Gasteiger partial charge < -0.3 is 7.96 Å². The summed E-state index contributed by atoms with van der Waals surface area (Å²) >= 11 is 0. The fraction of sp³-hybridized carbons (Fsp3) is 0.417. The molecule has 0 saturated carbocycles. The van der Waals surface area contributed by atoms with Crippen molar-refractivity contribution in [3.8, 4) is 0 Å². The summed E-state index contributed by atoms with van der Waals surface area (Å²) in [4.78, 5) is 11.3. The Kier molecular flexibility index (Phi) is 5.32. The molecule has 2 nitrogen and oxygen atoms in total. The van der Waals surface area contributed by atoms with Crippen LogP contribution in [0, 0.1) is 5.92 Å². The van der Waals surface area contributed by atoms with Crippen molar-refractivity contribution in [2.75, 3.05) is 0 Å². The minimum Gasteiger partial charge on any atom is -1.00 e. The summed E-state index contributed by atoms with van der Waals surface area (Å²) in [6, 6.07) is 9.38. The predicted molar refractivity (Wildman–Crippen MR) is 64.2 cm³/mol. The Morgan fingerprint density at radius 3 is 2.13 bits per heavy atom. The summed E-state index contributed by atoms with van der Waals surface area (Å²) in [5.41, 5.74) is 0.0730. The van der Waals surface area contributed by atoms with Crippen molar-refractivity contribution in [2.24, 2.45) is 5.92 Å². The van der Waals surface area contributed by atoms with Gasteiger partial charge in [0, 0.05) is 0 Å². The second kappa shape index (κ2) is 5.52. The first-order chi connectivity index (χ1) is 6.49. The summed E-state index contributed by atoms with van der Waals surface area (Å²) in [6.45, 7) is 5.64. The summed E-state index contributed by atoms with van der Waals surface area (Å²) in [5, 5.41) is 9.26. The largest absolute Gasteiger partial charge is 2.00 e. The fourth-order valence-electron chi connectivity index (χ4n) is 1.49. The summed E-state index contributed by atoms with van der Waals surface area (Å²) in [7, 11) is 0. The van der Waals surface area contributed by atoms with Gasteiger partial charge in [0.05, 0.1) is 5.41 Å². The molecular weight excluding hydrogens is 200 g/mol. The molecule has 1 rings (SSSR count). The van der Waals surface area contributed by atoms with Crippen LogP contribution >= 0.6 is 0 Å². The molecule has 0 fully saturated rings. The minimum absolute atomic E-state index is 0. The van der Waals surface area contributed by atoms with Gasteiger partial charge in [0.2, 0.25) is 0 Å². The molecule has 1 atom stereocenters. The molecular formula is C12H18MgO2. The smallest absolute Gasteiger partial charge is 1.00 e. The topological polar surface area (TPSA) is 37.3 Å². The van der Waals surface area contributed by atoms with Crippen LogP contribution in [0.1, 0.15) is 29.2 Å². The van der Waals surface area contributed by atoms with Crippen LogP contribution in [0.15, 0.2) is 30.3 Å². The van der Waals surface area contributed by atoms with Gasteiger partial charge in [-0.2, -0.15) is 0 Å². The van der Waals surface area contributed by atoms with Crippen molar-refractivity contribution < 1.29 is 12.8 Å².